The number of aliphatic hydroxyl groups is 2. The van der Waals surface area contributed by atoms with E-state index in [1.165, 1.54) is 13.4 Å². The Morgan fingerprint density at radius 3 is 3.00 bits per heavy atom. The van der Waals surface area contributed by atoms with Gasteiger partial charge in [-0.25, -0.2) is 9.97 Å². The zero-order chi connectivity index (χ0) is 13.4. The second-order valence-corrected chi connectivity index (χ2v) is 4.32. The van der Waals surface area contributed by atoms with Crippen molar-refractivity contribution < 1.29 is 19.7 Å². The minimum absolute atomic E-state index is 0.220. The van der Waals surface area contributed by atoms with Crippen LogP contribution in [0.2, 0.25) is 0 Å². The average Bonchev–Trinajstić information content (AvgIpc) is 3.01. The van der Waals surface area contributed by atoms with Crippen LogP contribution in [0.1, 0.15) is 12.6 Å². The summed E-state index contributed by atoms with van der Waals surface area (Å²) < 4.78 is 12.4. The third-order valence-corrected chi connectivity index (χ3v) is 3.21. The lowest BCUT2D eigenvalue weighted by Crippen LogP contribution is -2.24. The summed E-state index contributed by atoms with van der Waals surface area (Å²) in [6.07, 6.45) is 1.65. The van der Waals surface area contributed by atoms with Gasteiger partial charge in [-0.1, -0.05) is 0 Å². The second kappa shape index (κ2) is 4.72. The molecule has 0 amide bonds. The van der Waals surface area contributed by atoms with E-state index in [9.17, 15) is 5.11 Å². The first kappa shape index (κ1) is 12.3. The van der Waals surface area contributed by atoms with Crippen LogP contribution in [0.25, 0.3) is 11.2 Å². The van der Waals surface area contributed by atoms with Gasteiger partial charge in [0.2, 0.25) is 5.88 Å². The number of hydrogen-bond acceptors (Lipinski definition) is 7. The van der Waals surface area contributed by atoms with Crippen LogP contribution < -0.4 is 4.74 Å². The van der Waals surface area contributed by atoms with Gasteiger partial charge in [0.05, 0.1) is 26.1 Å². The van der Waals surface area contributed by atoms with Crippen molar-refractivity contribution in [1.29, 1.82) is 0 Å². The summed E-state index contributed by atoms with van der Waals surface area (Å²) in [6.45, 7) is -0.220. The Labute approximate surface area is 108 Å². The van der Waals surface area contributed by atoms with Gasteiger partial charge in [-0.3, -0.25) is 4.57 Å². The summed E-state index contributed by atoms with van der Waals surface area (Å²) in [5.41, 5.74) is 1.11. The molecule has 2 aromatic rings. The maximum Gasteiger partial charge on any atom is 0.245 e. The quantitative estimate of drug-likeness (QED) is 0.770. The number of imidazole rings is 1. The highest BCUT2D eigenvalue weighted by Gasteiger charge is 2.35. The van der Waals surface area contributed by atoms with Crippen LogP contribution in [0.3, 0.4) is 0 Å². The topological polar surface area (TPSA) is 103 Å². The maximum absolute atomic E-state index is 9.75. The minimum atomic E-state index is -0.698. The molecule has 0 saturated carbocycles. The first-order valence-corrected chi connectivity index (χ1v) is 5.90. The third-order valence-electron chi connectivity index (χ3n) is 3.21. The zero-order valence-corrected chi connectivity index (χ0v) is 10.3. The smallest absolute Gasteiger partial charge is 0.245 e. The molecule has 0 bridgehead atoms. The molecule has 0 radical (unpaired) electrons. The highest BCUT2D eigenvalue weighted by Crippen LogP contribution is 2.31. The van der Waals surface area contributed by atoms with Crippen LogP contribution in [0, 0.1) is 0 Å². The molecule has 1 fully saturated rings. The molecule has 3 rings (SSSR count). The van der Waals surface area contributed by atoms with Gasteiger partial charge in [0.25, 0.3) is 0 Å². The van der Waals surface area contributed by atoms with Gasteiger partial charge >= 0.3 is 0 Å². The Morgan fingerprint density at radius 1 is 1.47 bits per heavy atom. The summed E-state index contributed by atoms with van der Waals surface area (Å²) in [5, 5.41) is 18.8. The second-order valence-electron chi connectivity index (χ2n) is 4.32. The van der Waals surface area contributed by atoms with Crippen molar-refractivity contribution >= 4 is 11.2 Å². The van der Waals surface area contributed by atoms with Crippen LogP contribution in [0.15, 0.2) is 12.7 Å². The molecule has 2 N–H and O–H groups in total. The van der Waals surface area contributed by atoms with Gasteiger partial charge in [-0.05, 0) is 0 Å². The van der Waals surface area contributed by atoms with Crippen LogP contribution >= 0.6 is 0 Å². The number of aromatic nitrogens is 4. The average molecular weight is 266 g/mol. The lowest BCUT2D eigenvalue weighted by Gasteiger charge is -2.13. The van der Waals surface area contributed by atoms with Gasteiger partial charge in [0.15, 0.2) is 11.2 Å². The lowest BCUT2D eigenvalue weighted by atomic mass is 10.2. The van der Waals surface area contributed by atoms with Crippen molar-refractivity contribution in [2.45, 2.75) is 24.9 Å². The summed E-state index contributed by atoms with van der Waals surface area (Å²) in [5.74, 6) is 0.390. The van der Waals surface area contributed by atoms with E-state index in [0.29, 0.717) is 23.5 Å². The van der Waals surface area contributed by atoms with Crippen molar-refractivity contribution in [3.8, 4) is 5.88 Å². The number of rotatable bonds is 3. The fourth-order valence-corrected chi connectivity index (χ4v) is 2.24. The molecule has 2 aromatic heterocycles. The highest BCUT2D eigenvalue weighted by molar-refractivity contribution is 5.75. The lowest BCUT2D eigenvalue weighted by molar-refractivity contribution is -0.0432. The molecule has 3 heterocycles. The fourth-order valence-electron chi connectivity index (χ4n) is 2.24. The van der Waals surface area contributed by atoms with Crippen LogP contribution in [-0.2, 0) is 4.74 Å². The predicted molar refractivity (Wildman–Crippen MR) is 63.5 cm³/mol. The molecule has 19 heavy (non-hydrogen) atoms. The summed E-state index contributed by atoms with van der Waals surface area (Å²) >= 11 is 0. The molecule has 0 aliphatic carbocycles. The van der Waals surface area contributed by atoms with Crippen molar-refractivity contribution in [2.75, 3.05) is 13.7 Å². The largest absolute Gasteiger partial charge is 0.479 e. The Morgan fingerprint density at radius 2 is 2.32 bits per heavy atom. The number of hydrogen-bond donors (Lipinski definition) is 2. The standard InChI is InChI=1S/C11H14N4O4/c1-18-11-9-10(12-4-13-11)15(5-14-9)8-2-6(17)7(3-16)19-8/h4-8,16-17H,2-3H2,1H3/t6-,7+,8+/m0/s1. The first-order valence-electron chi connectivity index (χ1n) is 5.90. The van der Waals surface area contributed by atoms with Gasteiger partial charge < -0.3 is 19.7 Å². The molecule has 102 valence electrons. The number of nitrogens with zero attached hydrogens (tertiary/aromatic N) is 4. The van der Waals surface area contributed by atoms with E-state index in [4.69, 9.17) is 14.6 Å². The van der Waals surface area contributed by atoms with Crippen molar-refractivity contribution in [1.82, 2.24) is 19.5 Å². The van der Waals surface area contributed by atoms with Crippen LogP contribution in [0.4, 0.5) is 0 Å². The van der Waals surface area contributed by atoms with E-state index in [1.807, 2.05) is 0 Å². The minimum Gasteiger partial charge on any atom is -0.479 e. The molecule has 1 aliphatic heterocycles. The molecule has 1 saturated heterocycles. The summed E-state index contributed by atoms with van der Waals surface area (Å²) in [6, 6.07) is 0. The highest BCUT2D eigenvalue weighted by atomic mass is 16.5. The van der Waals surface area contributed by atoms with E-state index in [-0.39, 0.29) is 6.61 Å². The normalized spacial score (nSPS) is 27.0. The third kappa shape index (κ3) is 1.93. The predicted octanol–water partition coefficient (Wildman–Crippen LogP) is -0.524. The van der Waals surface area contributed by atoms with Gasteiger partial charge in [-0.15, -0.1) is 0 Å². The Balaban J connectivity index is 1.98. The first-order chi connectivity index (χ1) is 9.24. The van der Waals surface area contributed by atoms with Gasteiger partial charge in [0, 0.05) is 6.42 Å². The molecule has 0 unspecified atom stereocenters. The van der Waals surface area contributed by atoms with Crippen LogP contribution in [0.5, 0.6) is 5.88 Å². The Hall–Kier alpha value is -1.77. The number of ether oxygens (including phenoxy) is 2. The van der Waals surface area contributed by atoms with Crippen LogP contribution in [-0.4, -0.2) is 55.7 Å². The molecule has 0 spiro atoms. The van der Waals surface area contributed by atoms with Gasteiger partial charge in [0.1, 0.15) is 18.7 Å². The maximum atomic E-state index is 9.75. The van der Waals surface area contributed by atoms with E-state index < -0.39 is 18.4 Å². The number of aliphatic hydroxyl groups excluding tert-OH is 2. The SMILES string of the molecule is COc1ncnc2c1ncn2[C@H]1C[C@H](O)[C@@H](CO)O1. The van der Waals surface area contributed by atoms with Crippen molar-refractivity contribution in [3.05, 3.63) is 12.7 Å². The molecular weight excluding hydrogens is 252 g/mol. The molecular formula is C11H14N4O4. The molecule has 0 aromatic carbocycles. The summed E-state index contributed by atoms with van der Waals surface area (Å²) in [7, 11) is 1.51. The number of fused-ring (bicyclic) bond motifs is 1. The van der Waals surface area contributed by atoms with E-state index >= 15 is 0 Å². The monoisotopic (exact) mass is 266 g/mol. The Bertz CT molecular complexity index is 587. The van der Waals surface area contributed by atoms with Crippen molar-refractivity contribution in [2.24, 2.45) is 0 Å². The van der Waals surface area contributed by atoms with E-state index in [1.54, 1.807) is 10.9 Å². The Kier molecular flexibility index (Phi) is 3.05. The van der Waals surface area contributed by atoms with Gasteiger partial charge in [-0.2, -0.15) is 4.98 Å². The van der Waals surface area contributed by atoms with E-state index in [0.717, 1.165) is 0 Å². The fraction of sp³-hybridized carbons (Fsp3) is 0.545. The molecule has 3 atom stereocenters. The van der Waals surface area contributed by atoms with Crippen molar-refractivity contribution in [3.63, 3.8) is 0 Å². The molecule has 8 nitrogen and oxygen atoms in total. The molecule has 8 heteroatoms. The van der Waals surface area contributed by atoms with E-state index in [2.05, 4.69) is 15.0 Å². The zero-order valence-electron chi connectivity index (χ0n) is 10.3. The number of methoxy groups -OCH3 is 1. The molecule has 1 aliphatic rings. The summed E-state index contributed by atoms with van der Waals surface area (Å²) in [4.78, 5) is 12.3.